The number of hydrogen-bond acceptors (Lipinski definition) is 3. The lowest BCUT2D eigenvalue weighted by molar-refractivity contribution is -0.125. The van der Waals surface area contributed by atoms with Crippen molar-refractivity contribution in [3.8, 4) is 5.75 Å². The highest BCUT2D eigenvalue weighted by Crippen LogP contribution is 2.24. The van der Waals surface area contributed by atoms with Crippen LogP contribution < -0.4 is 15.0 Å². The van der Waals surface area contributed by atoms with Crippen molar-refractivity contribution in [2.24, 2.45) is 0 Å². The Hall–Kier alpha value is -2.89. The lowest BCUT2D eigenvalue weighted by Crippen LogP contribution is -2.40. The van der Waals surface area contributed by atoms with Crippen molar-refractivity contribution in [2.75, 3.05) is 11.4 Å². The molecule has 0 spiro atoms. The van der Waals surface area contributed by atoms with Crippen LogP contribution in [-0.2, 0) is 16.2 Å². The second-order valence-electron chi connectivity index (χ2n) is 5.94. The lowest BCUT2D eigenvalue weighted by Gasteiger charge is -2.17. The van der Waals surface area contributed by atoms with Crippen LogP contribution in [-0.4, -0.2) is 24.4 Å². The van der Waals surface area contributed by atoms with E-state index in [9.17, 15) is 14.0 Å². The molecule has 0 aliphatic carbocycles. The average molecular weight is 342 g/mol. The number of amides is 2. The van der Waals surface area contributed by atoms with Gasteiger partial charge < -0.3 is 15.0 Å². The molecule has 0 aromatic heterocycles. The first-order chi connectivity index (χ1) is 12.0. The molecule has 2 amide bonds. The summed E-state index contributed by atoms with van der Waals surface area (Å²) in [6, 6.07) is 12.9. The zero-order valence-electron chi connectivity index (χ0n) is 13.9. The fraction of sp³-hybridized carbons (Fsp3) is 0.263. The topological polar surface area (TPSA) is 58.6 Å². The zero-order chi connectivity index (χ0) is 17.8. The van der Waals surface area contributed by atoms with Gasteiger partial charge in [0.05, 0.1) is 0 Å². The second kappa shape index (κ2) is 7.34. The predicted octanol–water partition coefficient (Wildman–Crippen LogP) is 2.65. The Morgan fingerprint density at radius 2 is 2.04 bits per heavy atom. The van der Waals surface area contributed by atoms with Gasteiger partial charge in [-0.2, -0.15) is 0 Å². The SMILES string of the molecule is CC(=O)N[C@@H]1CCN(c2ccc(OCc3cccc(F)c3)cc2)C1=O. The molecule has 0 saturated carbocycles. The number of hydrogen-bond donors (Lipinski definition) is 1. The van der Waals surface area contributed by atoms with E-state index >= 15 is 0 Å². The zero-order valence-corrected chi connectivity index (χ0v) is 13.9. The molecule has 5 nitrogen and oxygen atoms in total. The Morgan fingerprint density at radius 1 is 1.28 bits per heavy atom. The van der Waals surface area contributed by atoms with Gasteiger partial charge in [0.15, 0.2) is 0 Å². The highest BCUT2D eigenvalue weighted by molar-refractivity contribution is 6.01. The molecule has 2 aromatic carbocycles. The van der Waals surface area contributed by atoms with Crippen LogP contribution in [0.5, 0.6) is 5.75 Å². The van der Waals surface area contributed by atoms with Gasteiger partial charge in [-0.15, -0.1) is 0 Å². The van der Waals surface area contributed by atoms with E-state index < -0.39 is 6.04 Å². The van der Waals surface area contributed by atoms with Gasteiger partial charge in [-0.25, -0.2) is 4.39 Å². The monoisotopic (exact) mass is 342 g/mol. The molecule has 1 aliphatic rings. The van der Waals surface area contributed by atoms with E-state index in [0.717, 1.165) is 11.3 Å². The van der Waals surface area contributed by atoms with Crippen LogP contribution in [0.3, 0.4) is 0 Å². The molecule has 1 atom stereocenters. The maximum atomic E-state index is 13.1. The quantitative estimate of drug-likeness (QED) is 0.909. The number of anilines is 1. The molecule has 1 saturated heterocycles. The maximum absolute atomic E-state index is 13.1. The third kappa shape index (κ3) is 4.15. The summed E-state index contributed by atoms with van der Waals surface area (Å²) in [4.78, 5) is 25.1. The largest absolute Gasteiger partial charge is 0.489 e. The number of rotatable bonds is 5. The van der Waals surface area contributed by atoms with E-state index in [-0.39, 0.29) is 24.2 Å². The van der Waals surface area contributed by atoms with Gasteiger partial charge in [0.1, 0.15) is 24.2 Å². The fourth-order valence-corrected chi connectivity index (χ4v) is 2.83. The van der Waals surface area contributed by atoms with Gasteiger partial charge in [-0.1, -0.05) is 12.1 Å². The summed E-state index contributed by atoms with van der Waals surface area (Å²) in [6.45, 7) is 2.23. The van der Waals surface area contributed by atoms with E-state index in [2.05, 4.69) is 5.32 Å². The molecule has 130 valence electrons. The molecular formula is C19H19FN2O3. The fourth-order valence-electron chi connectivity index (χ4n) is 2.83. The number of nitrogens with one attached hydrogen (secondary N) is 1. The normalized spacial score (nSPS) is 16.8. The Morgan fingerprint density at radius 3 is 2.72 bits per heavy atom. The second-order valence-corrected chi connectivity index (χ2v) is 5.94. The molecule has 25 heavy (non-hydrogen) atoms. The molecule has 1 heterocycles. The van der Waals surface area contributed by atoms with Crippen molar-refractivity contribution in [1.29, 1.82) is 0 Å². The minimum Gasteiger partial charge on any atom is -0.489 e. The number of ether oxygens (including phenoxy) is 1. The van der Waals surface area contributed by atoms with Gasteiger partial charge in [0.2, 0.25) is 11.8 Å². The van der Waals surface area contributed by atoms with Gasteiger partial charge in [0, 0.05) is 19.2 Å². The summed E-state index contributed by atoms with van der Waals surface area (Å²) in [6.07, 6.45) is 0.593. The van der Waals surface area contributed by atoms with Crippen molar-refractivity contribution in [3.63, 3.8) is 0 Å². The molecule has 2 aromatic rings. The molecule has 0 radical (unpaired) electrons. The van der Waals surface area contributed by atoms with Crippen LogP contribution in [0.4, 0.5) is 10.1 Å². The third-order valence-corrected chi connectivity index (χ3v) is 4.03. The highest BCUT2D eigenvalue weighted by atomic mass is 19.1. The van der Waals surface area contributed by atoms with Gasteiger partial charge in [0.25, 0.3) is 0 Å². The Balaban J connectivity index is 1.61. The lowest BCUT2D eigenvalue weighted by atomic mass is 10.2. The highest BCUT2D eigenvalue weighted by Gasteiger charge is 2.32. The number of benzene rings is 2. The standard InChI is InChI=1S/C19H19FN2O3/c1-13(23)21-18-9-10-22(19(18)24)16-5-7-17(8-6-16)25-12-14-3-2-4-15(20)11-14/h2-8,11,18H,9-10,12H2,1H3,(H,21,23)/t18-/m1/s1. The number of carbonyl (C=O) groups is 2. The van der Waals surface area contributed by atoms with E-state index in [4.69, 9.17) is 4.74 Å². The minimum atomic E-state index is -0.457. The summed E-state index contributed by atoms with van der Waals surface area (Å²) in [7, 11) is 0. The van der Waals surface area contributed by atoms with Crippen molar-refractivity contribution in [1.82, 2.24) is 5.32 Å². The van der Waals surface area contributed by atoms with Crippen molar-refractivity contribution >= 4 is 17.5 Å². The van der Waals surface area contributed by atoms with Crippen molar-refractivity contribution in [3.05, 3.63) is 59.9 Å². The summed E-state index contributed by atoms with van der Waals surface area (Å²) < 4.78 is 18.8. The van der Waals surface area contributed by atoms with Crippen LogP contribution in [0.1, 0.15) is 18.9 Å². The van der Waals surface area contributed by atoms with Crippen LogP contribution in [0, 0.1) is 5.82 Å². The number of halogens is 1. The Labute approximate surface area is 145 Å². The van der Waals surface area contributed by atoms with Crippen LogP contribution >= 0.6 is 0 Å². The van der Waals surface area contributed by atoms with Crippen molar-refractivity contribution < 1.29 is 18.7 Å². The van der Waals surface area contributed by atoms with E-state index in [1.165, 1.54) is 19.1 Å². The van der Waals surface area contributed by atoms with Gasteiger partial charge in [-0.05, 0) is 48.4 Å². The summed E-state index contributed by atoms with van der Waals surface area (Å²) >= 11 is 0. The Kier molecular flexibility index (Phi) is 4.97. The molecule has 1 N–H and O–H groups in total. The number of nitrogens with zero attached hydrogens (tertiary/aromatic N) is 1. The summed E-state index contributed by atoms with van der Waals surface area (Å²) in [5, 5.41) is 2.66. The molecule has 0 bridgehead atoms. The summed E-state index contributed by atoms with van der Waals surface area (Å²) in [5.41, 5.74) is 1.51. The van der Waals surface area contributed by atoms with Gasteiger partial charge >= 0.3 is 0 Å². The Bertz CT molecular complexity index is 776. The third-order valence-electron chi connectivity index (χ3n) is 4.03. The number of carbonyl (C=O) groups excluding carboxylic acids is 2. The minimum absolute atomic E-state index is 0.108. The summed E-state index contributed by atoms with van der Waals surface area (Å²) in [5.74, 6) is 0.0284. The molecule has 1 fully saturated rings. The van der Waals surface area contributed by atoms with Crippen LogP contribution in [0.2, 0.25) is 0 Å². The van der Waals surface area contributed by atoms with Gasteiger partial charge in [-0.3, -0.25) is 9.59 Å². The van der Waals surface area contributed by atoms with Crippen LogP contribution in [0.15, 0.2) is 48.5 Å². The maximum Gasteiger partial charge on any atom is 0.249 e. The smallest absolute Gasteiger partial charge is 0.249 e. The predicted molar refractivity (Wildman–Crippen MR) is 91.7 cm³/mol. The van der Waals surface area contributed by atoms with E-state index in [1.54, 1.807) is 41.3 Å². The average Bonchev–Trinajstić information content (AvgIpc) is 2.94. The molecule has 6 heteroatoms. The van der Waals surface area contributed by atoms with E-state index in [1.807, 2.05) is 0 Å². The molecular weight excluding hydrogens is 323 g/mol. The first kappa shape index (κ1) is 17.0. The van der Waals surface area contributed by atoms with E-state index in [0.29, 0.717) is 18.7 Å². The first-order valence-electron chi connectivity index (χ1n) is 8.09. The first-order valence-corrected chi connectivity index (χ1v) is 8.09. The molecule has 0 unspecified atom stereocenters. The molecule has 1 aliphatic heterocycles. The van der Waals surface area contributed by atoms with Crippen molar-refractivity contribution in [2.45, 2.75) is 26.0 Å². The molecule has 3 rings (SSSR count). The van der Waals surface area contributed by atoms with Crippen LogP contribution in [0.25, 0.3) is 0 Å².